The lowest BCUT2D eigenvalue weighted by Gasteiger charge is -2.39. The highest BCUT2D eigenvalue weighted by atomic mass is 35.5. The molecule has 2 aromatic rings. The molecule has 7 heteroatoms. The summed E-state index contributed by atoms with van der Waals surface area (Å²) in [5, 5.41) is 1.42. The summed E-state index contributed by atoms with van der Waals surface area (Å²) in [5.41, 5.74) is 2.16. The molecule has 0 atom stereocenters. The molecule has 0 bridgehead atoms. The lowest BCUT2D eigenvalue weighted by Crippen LogP contribution is -2.51. The Morgan fingerprint density at radius 2 is 1.55 bits per heavy atom. The number of rotatable bonds is 5. The zero-order valence-corrected chi connectivity index (χ0v) is 19.4. The van der Waals surface area contributed by atoms with Crippen LogP contribution in [0.25, 0.3) is 0 Å². The molecule has 0 aliphatic carbocycles. The molecule has 0 aromatic heterocycles. The van der Waals surface area contributed by atoms with E-state index in [1.807, 2.05) is 35.2 Å². The molecule has 2 aliphatic heterocycles. The number of likely N-dealkylation sites (tertiary alicyclic amines) is 1. The van der Waals surface area contributed by atoms with Gasteiger partial charge in [-0.25, -0.2) is 0 Å². The smallest absolute Gasteiger partial charge is 0.225 e. The first-order valence-corrected chi connectivity index (χ1v) is 11.6. The van der Waals surface area contributed by atoms with E-state index in [2.05, 4.69) is 21.9 Å². The average Bonchev–Trinajstić information content (AvgIpc) is 2.82. The van der Waals surface area contributed by atoms with Gasteiger partial charge in [0.15, 0.2) is 0 Å². The van der Waals surface area contributed by atoms with Gasteiger partial charge in [0.25, 0.3) is 0 Å². The van der Waals surface area contributed by atoms with Crippen molar-refractivity contribution >= 4 is 34.8 Å². The summed E-state index contributed by atoms with van der Waals surface area (Å²) in [6.07, 6.45) is 1.78. The number of benzene rings is 2. The van der Waals surface area contributed by atoms with Crippen LogP contribution in [0.1, 0.15) is 18.4 Å². The lowest BCUT2D eigenvalue weighted by atomic mass is 9.94. The molecule has 0 saturated carbocycles. The Morgan fingerprint density at radius 1 is 0.935 bits per heavy atom. The molecule has 166 valence electrons. The number of hydrogen-bond acceptors (Lipinski definition) is 4. The Morgan fingerprint density at radius 3 is 2.13 bits per heavy atom. The summed E-state index contributed by atoms with van der Waals surface area (Å²) in [4.78, 5) is 19.8. The van der Waals surface area contributed by atoms with E-state index in [1.54, 1.807) is 7.11 Å². The van der Waals surface area contributed by atoms with E-state index >= 15 is 0 Å². The molecule has 0 unspecified atom stereocenters. The number of hydrogen-bond donors (Lipinski definition) is 0. The topological polar surface area (TPSA) is 36.0 Å². The van der Waals surface area contributed by atoms with Crippen molar-refractivity contribution in [2.24, 2.45) is 5.92 Å². The highest BCUT2D eigenvalue weighted by Gasteiger charge is 2.30. The summed E-state index contributed by atoms with van der Waals surface area (Å²) in [6, 6.07) is 13.8. The molecule has 2 aromatic carbocycles. The standard InChI is InChI=1S/C24H29Cl2N3O2/c1-31-20-7-5-19(6-8-20)28-13-15-29(16-14-28)24(30)18-9-11-27(12-10-18)17-21-22(25)3-2-4-23(21)26/h2-8,18H,9-17H2,1H3. The highest BCUT2D eigenvalue weighted by molar-refractivity contribution is 6.35. The van der Waals surface area contributed by atoms with Crippen LogP contribution >= 0.6 is 23.2 Å². The molecular formula is C24H29Cl2N3O2. The van der Waals surface area contributed by atoms with Crippen molar-refractivity contribution in [1.82, 2.24) is 9.80 Å². The molecule has 2 saturated heterocycles. The van der Waals surface area contributed by atoms with Crippen molar-refractivity contribution in [2.75, 3.05) is 51.3 Å². The van der Waals surface area contributed by atoms with Crippen LogP contribution < -0.4 is 9.64 Å². The van der Waals surface area contributed by atoms with Crippen molar-refractivity contribution < 1.29 is 9.53 Å². The third-order valence-electron chi connectivity index (χ3n) is 6.41. The first kappa shape index (κ1) is 22.3. The second-order valence-corrected chi connectivity index (χ2v) is 9.08. The highest BCUT2D eigenvalue weighted by Crippen LogP contribution is 2.28. The number of ether oxygens (including phenoxy) is 1. The number of methoxy groups -OCH3 is 1. The van der Waals surface area contributed by atoms with Gasteiger partial charge in [0.05, 0.1) is 7.11 Å². The van der Waals surface area contributed by atoms with Crippen molar-refractivity contribution in [1.29, 1.82) is 0 Å². The van der Waals surface area contributed by atoms with Crippen molar-refractivity contribution in [2.45, 2.75) is 19.4 Å². The summed E-state index contributed by atoms with van der Waals surface area (Å²) in [7, 11) is 1.68. The summed E-state index contributed by atoms with van der Waals surface area (Å²) < 4.78 is 5.24. The van der Waals surface area contributed by atoms with Crippen LogP contribution in [0.15, 0.2) is 42.5 Å². The second kappa shape index (κ2) is 10.1. The van der Waals surface area contributed by atoms with Crippen LogP contribution in [0.5, 0.6) is 5.75 Å². The molecule has 2 heterocycles. The maximum Gasteiger partial charge on any atom is 0.225 e. The van der Waals surface area contributed by atoms with Gasteiger partial charge in [-0.2, -0.15) is 0 Å². The Hall–Kier alpha value is -1.95. The Balaban J connectivity index is 1.25. The number of halogens is 2. The fraction of sp³-hybridized carbons (Fsp3) is 0.458. The van der Waals surface area contributed by atoms with Gasteiger partial charge in [0, 0.05) is 59.9 Å². The zero-order valence-electron chi connectivity index (χ0n) is 17.9. The third-order valence-corrected chi connectivity index (χ3v) is 7.12. The van der Waals surface area contributed by atoms with Gasteiger partial charge < -0.3 is 14.5 Å². The predicted octanol–water partition coefficient (Wildman–Crippen LogP) is 4.56. The van der Waals surface area contributed by atoms with E-state index in [1.165, 1.54) is 5.69 Å². The van der Waals surface area contributed by atoms with Crippen LogP contribution in [0.4, 0.5) is 5.69 Å². The molecule has 1 amide bonds. The van der Waals surface area contributed by atoms with E-state index in [-0.39, 0.29) is 5.92 Å². The van der Waals surface area contributed by atoms with Gasteiger partial charge in [-0.1, -0.05) is 29.3 Å². The summed E-state index contributed by atoms with van der Waals surface area (Å²) in [6.45, 7) is 5.80. The molecule has 0 N–H and O–H groups in total. The number of carbonyl (C=O) groups excluding carboxylic acids is 1. The fourth-order valence-corrected chi connectivity index (χ4v) is 5.00. The summed E-state index contributed by atoms with van der Waals surface area (Å²) >= 11 is 12.6. The maximum atomic E-state index is 13.1. The number of anilines is 1. The molecule has 0 spiro atoms. The number of piperidine rings is 1. The van der Waals surface area contributed by atoms with Crippen LogP contribution in [-0.2, 0) is 11.3 Å². The summed E-state index contributed by atoms with van der Waals surface area (Å²) in [5.74, 6) is 1.29. The molecule has 2 aliphatic rings. The molecule has 0 radical (unpaired) electrons. The second-order valence-electron chi connectivity index (χ2n) is 8.26. The minimum Gasteiger partial charge on any atom is -0.497 e. The Kier molecular flexibility index (Phi) is 7.26. The van der Waals surface area contributed by atoms with E-state index < -0.39 is 0 Å². The fourth-order valence-electron chi connectivity index (χ4n) is 4.48. The molecule has 5 nitrogen and oxygen atoms in total. The van der Waals surface area contributed by atoms with Crippen LogP contribution in [-0.4, -0.2) is 62.1 Å². The Bertz CT molecular complexity index is 870. The van der Waals surface area contributed by atoms with E-state index in [4.69, 9.17) is 27.9 Å². The van der Waals surface area contributed by atoms with Crippen molar-refractivity contribution in [3.8, 4) is 5.75 Å². The van der Waals surface area contributed by atoms with Gasteiger partial charge in [-0.15, -0.1) is 0 Å². The molecular weight excluding hydrogens is 433 g/mol. The minimum absolute atomic E-state index is 0.116. The minimum atomic E-state index is 0.116. The number of piperazine rings is 1. The molecule has 2 fully saturated rings. The maximum absolute atomic E-state index is 13.1. The SMILES string of the molecule is COc1ccc(N2CCN(C(=O)C3CCN(Cc4c(Cl)cccc4Cl)CC3)CC2)cc1. The van der Waals surface area contributed by atoms with Crippen LogP contribution in [0, 0.1) is 5.92 Å². The van der Waals surface area contributed by atoms with Gasteiger partial charge in [0.1, 0.15) is 5.75 Å². The van der Waals surface area contributed by atoms with E-state index in [9.17, 15) is 4.79 Å². The lowest BCUT2D eigenvalue weighted by molar-refractivity contribution is -0.137. The first-order chi connectivity index (χ1) is 15.0. The van der Waals surface area contributed by atoms with Gasteiger partial charge >= 0.3 is 0 Å². The van der Waals surface area contributed by atoms with E-state index in [0.717, 1.165) is 70.0 Å². The normalized spacial score (nSPS) is 18.3. The average molecular weight is 462 g/mol. The number of amides is 1. The quantitative estimate of drug-likeness (QED) is 0.653. The van der Waals surface area contributed by atoms with Gasteiger partial charge in [-0.3, -0.25) is 9.69 Å². The van der Waals surface area contributed by atoms with E-state index in [0.29, 0.717) is 16.0 Å². The van der Waals surface area contributed by atoms with Crippen molar-refractivity contribution in [3.05, 3.63) is 58.1 Å². The van der Waals surface area contributed by atoms with Crippen molar-refractivity contribution in [3.63, 3.8) is 0 Å². The molecule has 31 heavy (non-hydrogen) atoms. The third kappa shape index (κ3) is 5.28. The molecule has 4 rings (SSSR count). The number of nitrogens with zero attached hydrogens (tertiary/aromatic N) is 3. The first-order valence-electron chi connectivity index (χ1n) is 10.9. The number of carbonyl (C=O) groups is 1. The van der Waals surface area contributed by atoms with Crippen LogP contribution in [0.2, 0.25) is 10.0 Å². The van der Waals surface area contributed by atoms with Crippen LogP contribution in [0.3, 0.4) is 0 Å². The van der Waals surface area contributed by atoms with Gasteiger partial charge in [0.2, 0.25) is 5.91 Å². The predicted molar refractivity (Wildman–Crippen MR) is 126 cm³/mol. The van der Waals surface area contributed by atoms with Gasteiger partial charge in [-0.05, 0) is 62.3 Å². The monoisotopic (exact) mass is 461 g/mol. The Labute approximate surface area is 194 Å². The zero-order chi connectivity index (χ0) is 21.8. The largest absolute Gasteiger partial charge is 0.497 e.